The molecule has 0 unspecified atom stereocenters. The summed E-state index contributed by atoms with van der Waals surface area (Å²) in [5.41, 5.74) is 3.59. The van der Waals surface area contributed by atoms with Crippen LogP contribution >= 0.6 is 0 Å². The van der Waals surface area contributed by atoms with Crippen molar-refractivity contribution < 1.29 is 13.6 Å². The third kappa shape index (κ3) is 4.10. The number of H-pyrrole nitrogens is 1. The standard InChI is InChI=1S/C25H24FN3O2/c1-16-7-8-18-13-23(28-22(18)10-16)25(30)29-9-3-5-19(15-29)24-27-14-21(31-24)12-17-4-2-6-20(26)11-17/h2,4,6-8,10-11,13-14,19,28H,3,5,9,12,15H2,1H3/t19-/m1/s1. The molecule has 0 bridgehead atoms. The zero-order chi connectivity index (χ0) is 21.4. The van der Waals surface area contributed by atoms with Crippen molar-refractivity contribution in [3.05, 3.63) is 89.0 Å². The SMILES string of the molecule is Cc1ccc2cc(C(=O)N3CCC[C@@H](c4ncc(Cc5cccc(F)c5)o4)C3)[nH]c2c1. The first-order valence-corrected chi connectivity index (χ1v) is 10.6. The second-order valence-electron chi connectivity index (χ2n) is 8.34. The maximum atomic E-state index is 13.4. The van der Waals surface area contributed by atoms with E-state index in [9.17, 15) is 9.18 Å². The number of benzene rings is 2. The van der Waals surface area contributed by atoms with Gasteiger partial charge < -0.3 is 14.3 Å². The lowest BCUT2D eigenvalue weighted by atomic mass is 9.97. The number of hydrogen-bond acceptors (Lipinski definition) is 3. The van der Waals surface area contributed by atoms with Gasteiger partial charge in [-0.1, -0.05) is 24.3 Å². The topological polar surface area (TPSA) is 62.1 Å². The zero-order valence-corrected chi connectivity index (χ0v) is 17.4. The molecule has 0 spiro atoms. The number of fused-ring (bicyclic) bond motifs is 1. The van der Waals surface area contributed by atoms with Crippen LogP contribution in [-0.4, -0.2) is 33.9 Å². The number of carbonyl (C=O) groups is 1. The summed E-state index contributed by atoms with van der Waals surface area (Å²) in [5.74, 6) is 1.16. The molecule has 31 heavy (non-hydrogen) atoms. The monoisotopic (exact) mass is 417 g/mol. The second kappa shape index (κ2) is 8.02. The Bertz CT molecular complexity index is 1240. The number of aromatic nitrogens is 2. The number of halogens is 1. The van der Waals surface area contributed by atoms with Crippen LogP contribution in [0.1, 0.15) is 52.0 Å². The molecule has 1 N–H and O–H groups in total. The van der Waals surface area contributed by atoms with Crippen LogP contribution in [-0.2, 0) is 6.42 Å². The molecule has 158 valence electrons. The van der Waals surface area contributed by atoms with E-state index >= 15 is 0 Å². The normalized spacial score (nSPS) is 16.7. The molecule has 6 heteroatoms. The summed E-state index contributed by atoms with van der Waals surface area (Å²) < 4.78 is 19.4. The first-order valence-electron chi connectivity index (χ1n) is 10.6. The molecule has 5 rings (SSSR count). The van der Waals surface area contributed by atoms with E-state index < -0.39 is 0 Å². The molecule has 2 aromatic heterocycles. The van der Waals surface area contributed by atoms with Crippen molar-refractivity contribution in [2.24, 2.45) is 0 Å². The van der Waals surface area contributed by atoms with E-state index in [-0.39, 0.29) is 17.6 Å². The highest BCUT2D eigenvalue weighted by Crippen LogP contribution is 2.28. The predicted molar refractivity (Wildman–Crippen MR) is 117 cm³/mol. The van der Waals surface area contributed by atoms with Crippen LogP contribution in [0.2, 0.25) is 0 Å². The van der Waals surface area contributed by atoms with E-state index in [1.165, 1.54) is 12.1 Å². The lowest BCUT2D eigenvalue weighted by Crippen LogP contribution is -2.39. The minimum atomic E-state index is -0.259. The number of oxazole rings is 1. The van der Waals surface area contributed by atoms with Gasteiger partial charge in [-0.05, 0) is 55.2 Å². The molecule has 1 aliphatic rings. The lowest BCUT2D eigenvalue weighted by Gasteiger charge is -2.31. The highest BCUT2D eigenvalue weighted by molar-refractivity contribution is 5.98. The second-order valence-corrected chi connectivity index (χ2v) is 8.34. The van der Waals surface area contributed by atoms with Crippen LogP contribution in [0.15, 0.2) is 59.1 Å². The summed E-state index contributed by atoms with van der Waals surface area (Å²) in [6, 6.07) is 14.5. The van der Waals surface area contributed by atoms with E-state index in [1.807, 2.05) is 36.1 Å². The summed E-state index contributed by atoms with van der Waals surface area (Å²) in [4.78, 5) is 22.7. The summed E-state index contributed by atoms with van der Waals surface area (Å²) in [6.07, 6.45) is 4.03. The van der Waals surface area contributed by atoms with Gasteiger partial charge in [0.25, 0.3) is 5.91 Å². The van der Waals surface area contributed by atoms with Gasteiger partial charge in [0.2, 0.25) is 0 Å². The first-order chi connectivity index (χ1) is 15.0. The maximum Gasteiger partial charge on any atom is 0.270 e. The zero-order valence-electron chi connectivity index (χ0n) is 17.4. The van der Waals surface area contributed by atoms with Crippen LogP contribution in [0, 0.1) is 12.7 Å². The number of nitrogens with one attached hydrogen (secondary N) is 1. The average Bonchev–Trinajstić information content (AvgIpc) is 3.40. The number of aromatic amines is 1. The molecule has 1 amide bonds. The number of hydrogen-bond donors (Lipinski definition) is 1. The van der Waals surface area contributed by atoms with Crippen molar-refractivity contribution in [1.82, 2.24) is 14.9 Å². The summed E-state index contributed by atoms with van der Waals surface area (Å²) in [5, 5.41) is 1.04. The van der Waals surface area contributed by atoms with Crippen LogP contribution in [0.3, 0.4) is 0 Å². The molecule has 1 atom stereocenters. The van der Waals surface area contributed by atoms with Gasteiger partial charge >= 0.3 is 0 Å². The predicted octanol–water partition coefficient (Wildman–Crippen LogP) is 5.21. The Morgan fingerprint density at radius 3 is 3.03 bits per heavy atom. The third-order valence-corrected chi connectivity index (χ3v) is 5.91. The number of nitrogens with zero attached hydrogens (tertiary/aromatic N) is 2. The van der Waals surface area contributed by atoms with Gasteiger partial charge in [0.05, 0.1) is 12.1 Å². The van der Waals surface area contributed by atoms with Gasteiger partial charge in [-0.3, -0.25) is 4.79 Å². The summed E-state index contributed by atoms with van der Waals surface area (Å²) in [7, 11) is 0. The van der Waals surface area contributed by atoms with E-state index in [2.05, 4.69) is 16.0 Å². The minimum Gasteiger partial charge on any atom is -0.445 e. The fourth-order valence-electron chi connectivity index (χ4n) is 4.33. The van der Waals surface area contributed by atoms with E-state index in [4.69, 9.17) is 4.42 Å². The number of piperidine rings is 1. The van der Waals surface area contributed by atoms with Crippen molar-refractivity contribution in [1.29, 1.82) is 0 Å². The Hall–Kier alpha value is -3.41. The number of likely N-dealkylation sites (tertiary alicyclic amines) is 1. The summed E-state index contributed by atoms with van der Waals surface area (Å²) in [6.45, 7) is 3.34. The Balaban J connectivity index is 1.29. The van der Waals surface area contributed by atoms with Crippen molar-refractivity contribution >= 4 is 16.8 Å². The van der Waals surface area contributed by atoms with E-state index in [0.717, 1.165) is 41.4 Å². The number of rotatable bonds is 4. The molecular formula is C25H24FN3O2. The third-order valence-electron chi connectivity index (χ3n) is 5.91. The van der Waals surface area contributed by atoms with E-state index in [1.54, 1.807) is 12.3 Å². The Morgan fingerprint density at radius 1 is 1.26 bits per heavy atom. The summed E-state index contributed by atoms with van der Waals surface area (Å²) >= 11 is 0. The lowest BCUT2D eigenvalue weighted by molar-refractivity contribution is 0.0693. The highest BCUT2D eigenvalue weighted by Gasteiger charge is 2.29. The average molecular weight is 417 g/mol. The van der Waals surface area contributed by atoms with Gasteiger partial charge in [0.1, 0.15) is 17.3 Å². The van der Waals surface area contributed by atoms with Crippen molar-refractivity contribution in [2.75, 3.05) is 13.1 Å². The fourth-order valence-corrected chi connectivity index (χ4v) is 4.33. The van der Waals surface area contributed by atoms with Crippen molar-refractivity contribution in [3.8, 4) is 0 Å². The van der Waals surface area contributed by atoms with E-state index in [0.29, 0.717) is 30.3 Å². The van der Waals surface area contributed by atoms with Crippen molar-refractivity contribution in [2.45, 2.75) is 32.1 Å². The fraction of sp³-hybridized carbons (Fsp3) is 0.280. The van der Waals surface area contributed by atoms with Gasteiger partial charge in [-0.15, -0.1) is 0 Å². The first kappa shape index (κ1) is 19.5. The van der Waals surface area contributed by atoms with Crippen LogP contribution < -0.4 is 0 Å². The van der Waals surface area contributed by atoms with Gasteiger partial charge in [0, 0.05) is 30.4 Å². The molecule has 0 saturated carbocycles. The molecule has 1 saturated heterocycles. The Kier molecular flexibility index (Phi) is 5.06. The van der Waals surface area contributed by atoms with Gasteiger partial charge in [-0.2, -0.15) is 0 Å². The molecule has 1 aliphatic heterocycles. The smallest absolute Gasteiger partial charge is 0.270 e. The van der Waals surface area contributed by atoms with Crippen molar-refractivity contribution in [3.63, 3.8) is 0 Å². The van der Waals surface area contributed by atoms with Gasteiger partial charge in [0.15, 0.2) is 5.89 Å². The molecule has 1 fully saturated rings. The van der Waals surface area contributed by atoms with Crippen LogP contribution in [0.25, 0.3) is 10.9 Å². The minimum absolute atomic E-state index is 0.00472. The number of amides is 1. The van der Waals surface area contributed by atoms with Crippen LogP contribution in [0.4, 0.5) is 4.39 Å². The Labute approximate surface area is 179 Å². The number of aryl methyl sites for hydroxylation is 1. The quantitative estimate of drug-likeness (QED) is 0.496. The highest BCUT2D eigenvalue weighted by atomic mass is 19.1. The molecule has 4 aromatic rings. The molecule has 0 radical (unpaired) electrons. The maximum absolute atomic E-state index is 13.4. The molecule has 5 nitrogen and oxygen atoms in total. The number of carbonyl (C=O) groups excluding carboxylic acids is 1. The molecular weight excluding hydrogens is 393 g/mol. The molecule has 2 aromatic carbocycles. The van der Waals surface area contributed by atoms with Gasteiger partial charge in [-0.25, -0.2) is 9.37 Å². The molecule has 0 aliphatic carbocycles. The largest absolute Gasteiger partial charge is 0.445 e. The molecule has 3 heterocycles. The van der Waals surface area contributed by atoms with Crippen LogP contribution in [0.5, 0.6) is 0 Å². The Morgan fingerprint density at radius 2 is 2.16 bits per heavy atom.